The molecule has 0 spiro atoms. The Morgan fingerprint density at radius 2 is 1.88 bits per heavy atom. The Hall–Kier alpha value is -2.60. The normalized spacial score (nSPS) is 16.9. The van der Waals surface area contributed by atoms with E-state index in [9.17, 15) is 4.79 Å². The lowest BCUT2D eigenvalue weighted by molar-refractivity contribution is -0.125. The van der Waals surface area contributed by atoms with Gasteiger partial charge in [-0.3, -0.25) is 4.79 Å². The van der Waals surface area contributed by atoms with Crippen LogP contribution < -0.4 is 15.4 Å². The number of likely N-dealkylation sites (N-methyl/N-ethyl adjacent to an activating group) is 1. The molecule has 136 valence electrons. The van der Waals surface area contributed by atoms with Gasteiger partial charge in [-0.25, -0.2) is 0 Å². The zero-order valence-corrected chi connectivity index (χ0v) is 16.2. The number of hydrogen-bond donors (Lipinski definition) is 2. The highest BCUT2D eigenvalue weighted by Crippen LogP contribution is 2.36. The summed E-state index contributed by atoms with van der Waals surface area (Å²) in [6.45, 7) is 4.45. The molecule has 0 unspecified atom stereocenters. The van der Waals surface area contributed by atoms with Crippen LogP contribution in [0.4, 0.5) is 0 Å². The standard InChI is InChI=1S/C20H23N3O2S/c1-5-25-16-11-10-15(13-8-6-7-9-14(13)16)18-17(19(24)23(3)4)12(2)21-20(26)22-18/h6-11,18H,5H2,1-4H3,(H2,21,22,26)/t18-/m1/s1. The average molecular weight is 369 g/mol. The Morgan fingerprint density at radius 3 is 2.54 bits per heavy atom. The van der Waals surface area contributed by atoms with Gasteiger partial charge in [0.15, 0.2) is 5.11 Å². The van der Waals surface area contributed by atoms with Crippen LogP contribution in [-0.4, -0.2) is 36.6 Å². The van der Waals surface area contributed by atoms with Crippen molar-refractivity contribution in [1.82, 2.24) is 15.5 Å². The summed E-state index contributed by atoms with van der Waals surface area (Å²) in [5.41, 5.74) is 2.44. The Kier molecular flexibility index (Phi) is 5.13. The minimum absolute atomic E-state index is 0.0482. The Balaban J connectivity index is 2.21. The summed E-state index contributed by atoms with van der Waals surface area (Å²) in [5, 5.41) is 8.91. The summed E-state index contributed by atoms with van der Waals surface area (Å²) in [6, 6.07) is 11.7. The lowest BCUT2D eigenvalue weighted by atomic mass is 9.90. The van der Waals surface area contributed by atoms with Crippen molar-refractivity contribution in [3.63, 3.8) is 0 Å². The number of thiocarbonyl (C=S) groups is 1. The molecule has 1 atom stereocenters. The van der Waals surface area contributed by atoms with E-state index in [0.717, 1.165) is 27.8 Å². The van der Waals surface area contributed by atoms with E-state index in [0.29, 0.717) is 17.3 Å². The Bertz CT molecular complexity index is 905. The van der Waals surface area contributed by atoms with Gasteiger partial charge in [-0.15, -0.1) is 0 Å². The van der Waals surface area contributed by atoms with Gasteiger partial charge in [-0.05, 0) is 43.1 Å². The minimum atomic E-state index is -0.320. The minimum Gasteiger partial charge on any atom is -0.493 e. The summed E-state index contributed by atoms with van der Waals surface area (Å²) in [5.74, 6) is 0.789. The van der Waals surface area contributed by atoms with Crippen LogP contribution in [0.2, 0.25) is 0 Å². The molecule has 0 radical (unpaired) electrons. The smallest absolute Gasteiger partial charge is 0.253 e. The third kappa shape index (κ3) is 3.24. The number of amides is 1. The van der Waals surface area contributed by atoms with Gasteiger partial charge in [0.25, 0.3) is 5.91 Å². The zero-order valence-electron chi connectivity index (χ0n) is 15.4. The van der Waals surface area contributed by atoms with E-state index in [1.54, 1.807) is 19.0 Å². The predicted octanol–water partition coefficient (Wildman–Crippen LogP) is 3.12. The van der Waals surface area contributed by atoms with Gasteiger partial charge in [-0.2, -0.15) is 0 Å². The SMILES string of the molecule is CCOc1ccc([C@H]2NC(=S)NC(C)=C2C(=O)N(C)C)c2ccccc12. The van der Waals surface area contributed by atoms with Gasteiger partial charge in [0.1, 0.15) is 5.75 Å². The molecule has 26 heavy (non-hydrogen) atoms. The topological polar surface area (TPSA) is 53.6 Å². The van der Waals surface area contributed by atoms with Gasteiger partial charge >= 0.3 is 0 Å². The fourth-order valence-electron chi connectivity index (χ4n) is 3.28. The number of nitrogens with one attached hydrogen (secondary N) is 2. The molecule has 1 aliphatic rings. The van der Waals surface area contributed by atoms with Crippen molar-refractivity contribution in [2.75, 3.05) is 20.7 Å². The first-order chi connectivity index (χ1) is 12.4. The summed E-state index contributed by atoms with van der Waals surface area (Å²) in [6.07, 6.45) is 0. The highest BCUT2D eigenvalue weighted by Gasteiger charge is 2.31. The number of ether oxygens (including phenoxy) is 1. The van der Waals surface area contributed by atoms with Crippen LogP contribution in [0.3, 0.4) is 0 Å². The Labute approximate surface area is 159 Å². The van der Waals surface area contributed by atoms with Gasteiger partial charge in [0, 0.05) is 25.2 Å². The molecular weight excluding hydrogens is 346 g/mol. The molecule has 2 N–H and O–H groups in total. The van der Waals surface area contributed by atoms with Gasteiger partial charge in [0.2, 0.25) is 0 Å². The van der Waals surface area contributed by atoms with Crippen LogP contribution in [-0.2, 0) is 4.79 Å². The van der Waals surface area contributed by atoms with Crippen LogP contribution in [0.1, 0.15) is 25.5 Å². The van der Waals surface area contributed by atoms with Crippen LogP contribution >= 0.6 is 12.2 Å². The van der Waals surface area contributed by atoms with E-state index >= 15 is 0 Å². The number of allylic oxidation sites excluding steroid dienone is 1. The van der Waals surface area contributed by atoms with E-state index in [1.807, 2.05) is 50.2 Å². The maximum absolute atomic E-state index is 12.8. The van der Waals surface area contributed by atoms with E-state index in [4.69, 9.17) is 17.0 Å². The van der Waals surface area contributed by atoms with E-state index in [2.05, 4.69) is 10.6 Å². The van der Waals surface area contributed by atoms with E-state index in [1.165, 1.54) is 0 Å². The van der Waals surface area contributed by atoms with Crippen LogP contribution in [0.5, 0.6) is 5.75 Å². The van der Waals surface area contributed by atoms with Gasteiger partial charge in [0.05, 0.1) is 18.2 Å². The van der Waals surface area contributed by atoms with Crippen molar-refractivity contribution in [2.45, 2.75) is 19.9 Å². The molecule has 0 saturated carbocycles. The molecular formula is C20H23N3O2S. The molecule has 0 fully saturated rings. The molecule has 5 nitrogen and oxygen atoms in total. The quantitative estimate of drug-likeness (QED) is 0.811. The molecule has 1 amide bonds. The lowest BCUT2D eigenvalue weighted by Crippen LogP contribution is -2.46. The third-order valence-corrected chi connectivity index (χ3v) is 4.65. The number of rotatable bonds is 4. The monoisotopic (exact) mass is 369 g/mol. The van der Waals surface area contributed by atoms with E-state index in [-0.39, 0.29) is 11.9 Å². The summed E-state index contributed by atoms with van der Waals surface area (Å²) < 4.78 is 5.77. The molecule has 1 heterocycles. The first-order valence-electron chi connectivity index (χ1n) is 8.58. The fourth-order valence-corrected chi connectivity index (χ4v) is 3.55. The molecule has 0 bridgehead atoms. The van der Waals surface area contributed by atoms with Crippen LogP contribution in [0.25, 0.3) is 10.8 Å². The Morgan fingerprint density at radius 1 is 1.19 bits per heavy atom. The van der Waals surface area contributed by atoms with Crippen molar-refractivity contribution in [3.05, 3.63) is 53.2 Å². The number of fused-ring (bicyclic) bond motifs is 1. The molecule has 6 heteroatoms. The molecule has 2 aromatic rings. The fraction of sp³-hybridized carbons (Fsp3) is 0.300. The lowest BCUT2D eigenvalue weighted by Gasteiger charge is -2.32. The molecule has 2 aromatic carbocycles. The van der Waals surface area contributed by atoms with Crippen molar-refractivity contribution in [3.8, 4) is 5.75 Å². The van der Waals surface area contributed by atoms with Crippen molar-refractivity contribution >= 4 is 34.0 Å². The second kappa shape index (κ2) is 7.33. The maximum Gasteiger partial charge on any atom is 0.253 e. The number of carbonyl (C=O) groups excluding carboxylic acids is 1. The third-order valence-electron chi connectivity index (χ3n) is 4.43. The van der Waals surface area contributed by atoms with E-state index < -0.39 is 0 Å². The average Bonchev–Trinajstić information content (AvgIpc) is 2.61. The zero-order chi connectivity index (χ0) is 18.8. The largest absolute Gasteiger partial charge is 0.493 e. The first-order valence-corrected chi connectivity index (χ1v) is 8.99. The second-order valence-electron chi connectivity index (χ2n) is 6.40. The highest BCUT2D eigenvalue weighted by molar-refractivity contribution is 7.80. The van der Waals surface area contributed by atoms with Crippen LogP contribution in [0, 0.1) is 0 Å². The highest BCUT2D eigenvalue weighted by atomic mass is 32.1. The van der Waals surface area contributed by atoms with Gasteiger partial charge < -0.3 is 20.3 Å². The summed E-state index contributed by atoms with van der Waals surface area (Å²) >= 11 is 5.35. The molecule has 0 aromatic heterocycles. The first kappa shape index (κ1) is 18.2. The van der Waals surface area contributed by atoms with Crippen molar-refractivity contribution in [1.29, 1.82) is 0 Å². The van der Waals surface area contributed by atoms with Crippen molar-refractivity contribution < 1.29 is 9.53 Å². The van der Waals surface area contributed by atoms with Crippen molar-refractivity contribution in [2.24, 2.45) is 0 Å². The molecule has 0 aliphatic carbocycles. The van der Waals surface area contributed by atoms with Crippen LogP contribution in [0.15, 0.2) is 47.7 Å². The summed E-state index contributed by atoms with van der Waals surface area (Å²) in [4.78, 5) is 14.4. The number of hydrogen-bond acceptors (Lipinski definition) is 3. The molecule has 1 aliphatic heterocycles. The summed E-state index contributed by atoms with van der Waals surface area (Å²) in [7, 11) is 3.51. The number of carbonyl (C=O) groups is 1. The van der Waals surface area contributed by atoms with Gasteiger partial charge in [-0.1, -0.05) is 30.3 Å². The maximum atomic E-state index is 12.8. The molecule has 3 rings (SSSR count). The second-order valence-corrected chi connectivity index (χ2v) is 6.81. The number of benzene rings is 2. The predicted molar refractivity (Wildman–Crippen MR) is 108 cm³/mol. The molecule has 0 saturated heterocycles. The number of nitrogens with zero attached hydrogens (tertiary/aromatic N) is 1.